The summed E-state index contributed by atoms with van der Waals surface area (Å²) < 4.78 is 8.16. The number of carbonyl (C=O) groups is 3. The van der Waals surface area contributed by atoms with E-state index >= 15 is 0 Å². The van der Waals surface area contributed by atoms with Gasteiger partial charge in [0, 0.05) is 64.7 Å². The molecule has 3 heterocycles. The zero-order chi connectivity index (χ0) is 26.0. The van der Waals surface area contributed by atoms with Crippen molar-refractivity contribution in [2.45, 2.75) is 45.3 Å². The van der Waals surface area contributed by atoms with E-state index in [9.17, 15) is 19.2 Å². The molecule has 1 unspecified atom stereocenters. The number of nitrogens with zero attached hydrogens (tertiary/aromatic N) is 4. The molecule has 192 valence electrons. The molecule has 0 aliphatic carbocycles. The standard InChI is InChI=1S/C26H33N5O5/c1-26(2,3)36-25(35)30-15-13-29(14-16-30)12-6-5-7-18-8-9-19-20(17-18)28(4)24(34)31(19)22-21(32)10-11-27-23(22)33/h8-9,17,22H,6,10-16H2,1-4H3,(H,27,33). The van der Waals surface area contributed by atoms with Gasteiger partial charge in [0.2, 0.25) is 0 Å². The summed E-state index contributed by atoms with van der Waals surface area (Å²) >= 11 is 0. The van der Waals surface area contributed by atoms with Gasteiger partial charge < -0.3 is 15.0 Å². The Morgan fingerprint density at radius 1 is 1.11 bits per heavy atom. The topological polar surface area (TPSA) is 106 Å². The molecule has 1 aromatic carbocycles. The molecule has 10 heteroatoms. The Balaban J connectivity index is 1.38. The van der Waals surface area contributed by atoms with Crippen molar-refractivity contribution in [2.24, 2.45) is 7.05 Å². The van der Waals surface area contributed by atoms with Crippen molar-refractivity contribution >= 4 is 28.8 Å². The molecule has 2 aliphatic rings. The minimum absolute atomic E-state index is 0.207. The molecule has 4 rings (SSSR count). The van der Waals surface area contributed by atoms with E-state index in [1.165, 1.54) is 9.13 Å². The number of imidazole rings is 1. The number of benzene rings is 1. The van der Waals surface area contributed by atoms with Crippen LogP contribution in [0.15, 0.2) is 23.0 Å². The first-order valence-corrected chi connectivity index (χ1v) is 12.3. The Hall–Kier alpha value is -3.58. The Bertz CT molecular complexity index is 1280. The Labute approximate surface area is 210 Å². The van der Waals surface area contributed by atoms with E-state index in [2.05, 4.69) is 22.1 Å². The number of ketones is 1. The van der Waals surface area contributed by atoms with Crippen LogP contribution in [0.25, 0.3) is 11.0 Å². The predicted octanol–water partition coefficient (Wildman–Crippen LogP) is 1.26. The van der Waals surface area contributed by atoms with Crippen LogP contribution in [0, 0.1) is 11.8 Å². The first kappa shape index (κ1) is 25.5. The van der Waals surface area contributed by atoms with E-state index in [1.807, 2.05) is 26.8 Å². The molecule has 0 radical (unpaired) electrons. The fraction of sp³-hybridized carbons (Fsp3) is 0.538. The molecule has 1 atom stereocenters. The van der Waals surface area contributed by atoms with Gasteiger partial charge in [0.15, 0.2) is 11.8 Å². The third kappa shape index (κ3) is 5.46. The second kappa shape index (κ2) is 10.2. The van der Waals surface area contributed by atoms with Crippen molar-refractivity contribution in [3.05, 3.63) is 34.2 Å². The first-order valence-electron chi connectivity index (χ1n) is 12.3. The summed E-state index contributed by atoms with van der Waals surface area (Å²) in [4.78, 5) is 53.8. The van der Waals surface area contributed by atoms with Gasteiger partial charge in [-0.05, 0) is 39.0 Å². The smallest absolute Gasteiger partial charge is 0.410 e. The lowest BCUT2D eigenvalue weighted by molar-refractivity contribution is -0.135. The number of aromatic nitrogens is 2. The molecule has 1 N–H and O–H groups in total. The van der Waals surface area contributed by atoms with Crippen molar-refractivity contribution in [1.82, 2.24) is 24.3 Å². The number of amides is 2. The molecule has 2 saturated heterocycles. The van der Waals surface area contributed by atoms with Crippen LogP contribution in [0.1, 0.15) is 45.2 Å². The van der Waals surface area contributed by atoms with Gasteiger partial charge in [-0.25, -0.2) is 9.59 Å². The molecule has 2 aromatic rings. The average Bonchev–Trinajstić information content (AvgIpc) is 3.06. The second-order valence-corrected chi connectivity index (χ2v) is 10.2. The van der Waals surface area contributed by atoms with E-state index in [4.69, 9.17) is 4.74 Å². The number of nitrogens with one attached hydrogen (secondary N) is 1. The minimum Gasteiger partial charge on any atom is -0.444 e. The highest BCUT2D eigenvalue weighted by atomic mass is 16.6. The maximum Gasteiger partial charge on any atom is 0.410 e. The molecule has 0 bridgehead atoms. The minimum atomic E-state index is -1.14. The van der Waals surface area contributed by atoms with Crippen LogP contribution in [0.5, 0.6) is 0 Å². The summed E-state index contributed by atoms with van der Waals surface area (Å²) in [5.41, 5.74) is 1.01. The van der Waals surface area contributed by atoms with Crippen LogP contribution < -0.4 is 11.0 Å². The number of piperazine rings is 1. The number of ether oxygens (including phenoxy) is 1. The number of Topliss-reactive ketones (excluding diaryl/α,β-unsaturated/α-hetero) is 1. The van der Waals surface area contributed by atoms with Gasteiger partial charge in [0.1, 0.15) is 5.60 Å². The number of hydrogen-bond acceptors (Lipinski definition) is 6. The molecule has 36 heavy (non-hydrogen) atoms. The fourth-order valence-corrected chi connectivity index (χ4v) is 4.50. The molecule has 0 spiro atoms. The molecule has 2 fully saturated rings. The van der Waals surface area contributed by atoms with Gasteiger partial charge in [0.25, 0.3) is 5.91 Å². The summed E-state index contributed by atoms with van der Waals surface area (Å²) in [5.74, 6) is 5.63. The lowest BCUT2D eigenvalue weighted by atomic mass is 10.0. The van der Waals surface area contributed by atoms with E-state index in [-0.39, 0.29) is 18.3 Å². The Morgan fingerprint density at radius 3 is 2.50 bits per heavy atom. The highest BCUT2D eigenvalue weighted by Crippen LogP contribution is 2.21. The summed E-state index contributed by atoms with van der Waals surface area (Å²) in [7, 11) is 1.63. The van der Waals surface area contributed by atoms with Gasteiger partial charge in [-0.1, -0.05) is 11.8 Å². The fourth-order valence-electron chi connectivity index (χ4n) is 4.50. The van der Waals surface area contributed by atoms with Crippen molar-refractivity contribution in [3.8, 4) is 11.8 Å². The van der Waals surface area contributed by atoms with E-state index in [0.717, 1.165) is 25.2 Å². The molecule has 1 aromatic heterocycles. The van der Waals surface area contributed by atoms with Crippen LogP contribution >= 0.6 is 0 Å². The maximum absolute atomic E-state index is 12.9. The number of fused-ring (bicyclic) bond motifs is 1. The lowest BCUT2D eigenvalue weighted by Crippen LogP contribution is -2.50. The van der Waals surface area contributed by atoms with Gasteiger partial charge in [-0.15, -0.1) is 0 Å². The molecule has 2 aliphatic heterocycles. The molecule has 2 amide bonds. The number of aryl methyl sites for hydroxylation is 1. The monoisotopic (exact) mass is 495 g/mol. The molecule has 0 saturated carbocycles. The maximum atomic E-state index is 12.9. The molecular weight excluding hydrogens is 462 g/mol. The third-order valence-electron chi connectivity index (χ3n) is 6.38. The van der Waals surface area contributed by atoms with E-state index in [1.54, 1.807) is 24.1 Å². The van der Waals surface area contributed by atoms with Crippen molar-refractivity contribution in [1.29, 1.82) is 0 Å². The zero-order valence-corrected chi connectivity index (χ0v) is 21.3. The number of piperidine rings is 1. The normalized spacial score (nSPS) is 19.1. The van der Waals surface area contributed by atoms with Crippen molar-refractivity contribution < 1.29 is 19.1 Å². The summed E-state index contributed by atoms with van der Waals surface area (Å²) in [6, 6.07) is 4.22. The zero-order valence-electron chi connectivity index (χ0n) is 21.3. The third-order valence-corrected chi connectivity index (χ3v) is 6.38. The van der Waals surface area contributed by atoms with Gasteiger partial charge in [-0.2, -0.15) is 0 Å². The molecule has 10 nitrogen and oxygen atoms in total. The van der Waals surface area contributed by atoms with E-state index < -0.39 is 23.2 Å². The number of carbonyl (C=O) groups excluding carboxylic acids is 3. The Kier molecular flexibility index (Phi) is 7.22. The number of rotatable bonds is 3. The molecular formula is C26H33N5O5. The van der Waals surface area contributed by atoms with Crippen molar-refractivity contribution in [3.63, 3.8) is 0 Å². The highest BCUT2D eigenvalue weighted by molar-refractivity contribution is 6.06. The average molecular weight is 496 g/mol. The number of hydrogen-bond donors (Lipinski definition) is 1. The Morgan fingerprint density at radius 2 is 1.83 bits per heavy atom. The van der Waals surface area contributed by atoms with Crippen LogP contribution in [0.4, 0.5) is 4.79 Å². The predicted molar refractivity (Wildman–Crippen MR) is 135 cm³/mol. The van der Waals surface area contributed by atoms with Crippen LogP contribution in [0.3, 0.4) is 0 Å². The second-order valence-electron chi connectivity index (χ2n) is 10.2. The summed E-state index contributed by atoms with van der Waals surface area (Å²) in [6.07, 6.45) is 0.606. The van der Waals surface area contributed by atoms with Gasteiger partial charge in [0.05, 0.1) is 11.0 Å². The quantitative estimate of drug-likeness (QED) is 0.508. The van der Waals surface area contributed by atoms with Crippen LogP contribution in [-0.2, 0) is 21.4 Å². The van der Waals surface area contributed by atoms with E-state index in [0.29, 0.717) is 37.1 Å². The largest absolute Gasteiger partial charge is 0.444 e. The SMILES string of the molecule is Cn1c(=O)n(C2C(=O)CCNC2=O)c2ccc(C#CCCN3CCN(C(=O)OC(C)(C)C)CC3)cc21. The van der Waals surface area contributed by atoms with Crippen molar-refractivity contribution in [2.75, 3.05) is 39.3 Å². The van der Waals surface area contributed by atoms with Crippen LogP contribution in [-0.4, -0.2) is 81.6 Å². The highest BCUT2D eigenvalue weighted by Gasteiger charge is 2.34. The summed E-state index contributed by atoms with van der Waals surface area (Å²) in [6.45, 7) is 9.50. The first-order chi connectivity index (χ1) is 17.0. The van der Waals surface area contributed by atoms with Gasteiger partial charge in [-0.3, -0.25) is 23.6 Å². The lowest BCUT2D eigenvalue weighted by Gasteiger charge is -2.35. The summed E-state index contributed by atoms with van der Waals surface area (Å²) in [5, 5.41) is 2.67. The van der Waals surface area contributed by atoms with Gasteiger partial charge >= 0.3 is 11.8 Å². The van der Waals surface area contributed by atoms with Crippen LogP contribution in [0.2, 0.25) is 0 Å².